The van der Waals surface area contributed by atoms with Crippen molar-refractivity contribution in [1.82, 2.24) is 10.6 Å². The first-order valence-electron chi connectivity index (χ1n) is 9.46. The van der Waals surface area contributed by atoms with Crippen LogP contribution in [-0.4, -0.2) is 30.1 Å². The predicted molar refractivity (Wildman–Crippen MR) is 125 cm³/mol. The summed E-state index contributed by atoms with van der Waals surface area (Å²) in [5.41, 5.74) is 1.23. The van der Waals surface area contributed by atoms with Gasteiger partial charge in [0.05, 0.1) is 11.6 Å². The van der Waals surface area contributed by atoms with Crippen LogP contribution >= 0.6 is 35.4 Å². The number of halogens is 2. The Labute approximate surface area is 191 Å². The van der Waals surface area contributed by atoms with Gasteiger partial charge in [0.2, 0.25) is 5.91 Å². The summed E-state index contributed by atoms with van der Waals surface area (Å²) >= 11 is 17.0. The molecule has 0 fully saturated rings. The molecule has 2 amide bonds. The maximum Gasteiger partial charge on any atom is 0.251 e. The average molecular weight is 468 g/mol. The van der Waals surface area contributed by atoms with Crippen molar-refractivity contribution in [3.8, 4) is 5.75 Å². The van der Waals surface area contributed by atoms with Gasteiger partial charge in [0, 0.05) is 29.2 Å². The molecule has 6 nitrogen and oxygen atoms in total. The minimum Gasteiger partial charge on any atom is -0.492 e. The number of amides is 2. The number of thiocarbonyl (C=S) groups is 1. The largest absolute Gasteiger partial charge is 0.492 e. The van der Waals surface area contributed by atoms with Crippen LogP contribution in [0.1, 0.15) is 36.5 Å². The Bertz CT molecular complexity index is 892. The number of benzene rings is 2. The third kappa shape index (κ3) is 8.18. The number of hydrogen-bond acceptors (Lipinski definition) is 4. The fourth-order valence-electron chi connectivity index (χ4n) is 2.40. The molecule has 2 rings (SSSR count). The number of carbonyl (C=O) groups excluding carboxylic acids is 2. The molecule has 0 radical (unpaired) electrons. The van der Waals surface area contributed by atoms with Crippen LogP contribution in [0.2, 0.25) is 10.0 Å². The van der Waals surface area contributed by atoms with E-state index in [4.69, 9.17) is 40.2 Å². The van der Waals surface area contributed by atoms with Gasteiger partial charge in [-0.3, -0.25) is 9.59 Å². The smallest absolute Gasteiger partial charge is 0.251 e. The highest BCUT2D eigenvalue weighted by Gasteiger charge is 2.08. The zero-order valence-corrected chi connectivity index (χ0v) is 18.8. The first-order chi connectivity index (χ1) is 14.4. The van der Waals surface area contributed by atoms with Crippen LogP contribution in [-0.2, 0) is 4.79 Å². The van der Waals surface area contributed by atoms with Crippen LogP contribution in [0.15, 0.2) is 42.5 Å². The van der Waals surface area contributed by atoms with Crippen molar-refractivity contribution in [2.24, 2.45) is 0 Å². The van der Waals surface area contributed by atoms with Gasteiger partial charge in [0.25, 0.3) is 5.91 Å². The summed E-state index contributed by atoms with van der Waals surface area (Å²) in [7, 11) is 0. The van der Waals surface area contributed by atoms with Crippen LogP contribution in [0.4, 0.5) is 5.69 Å². The van der Waals surface area contributed by atoms with E-state index < -0.39 is 0 Å². The summed E-state index contributed by atoms with van der Waals surface area (Å²) in [5.74, 6) is 0.167. The van der Waals surface area contributed by atoms with Gasteiger partial charge in [-0.2, -0.15) is 0 Å². The lowest BCUT2D eigenvalue weighted by atomic mass is 10.2. The van der Waals surface area contributed by atoms with E-state index in [1.165, 1.54) is 0 Å². The number of anilines is 1. The molecule has 0 aromatic heterocycles. The van der Waals surface area contributed by atoms with Gasteiger partial charge in [-0.1, -0.05) is 30.1 Å². The molecule has 0 heterocycles. The van der Waals surface area contributed by atoms with Crippen molar-refractivity contribution in [3.05, 3.63) is 58.1 Å². The molecule has 0 aliphatic carbocycles. The molecular formula is C21H23Cl2N3O3S. The van der Waals surface area contributed by atoms with E-state index in [2.05, 4.69) is 16.0 Å². The zero-order valence-electron chi connectivity index (χ0n) is 16.5. The van der Waals surface area contributed by atoms with E-state index in [1.54, 1.807) is 42.5 Å². The molecule has 2 aromatic carbocycles. The lowest BCUT2D eigenvalue weighted by Crippen LogP contribution is -2.34. The van der Waals surface area contributed by atoms with Crippen molar-refractivity contribution < 1.29 is 14.3 Å². The van der Waals surface area contributed by atoms with Gasteiger partial charge in [-0.25, -0.2) is 0 Å². The molecule has 0 bridgehead atoms. The summed E-state index contributed by atoms with van der Waals surface area (Å²) in [4.78, 5) is 23.9. The van der Waals surface area contributed by atoms with Crippen molar-refractivity contribution in [2.45, 2.75) is 26.2 Å². The maximum atomic E-state index is 12.0. The van der Waals surface area contributed by atoms with Crippen molar-refractivity contribution in [1.29, 1.82) is 0 Å². The third-order valence-electron chi connectivity index (χ3n) is 3.89. The van der Waals surface area contributed by atoms with E-state index in [1.807, 2.05) is 6.92 Å². The van der Waals surface area contributed by atoms with Gasteiger partial charge >= 0.3 is 0 Å². The number of hydrogen-bond donors (Lipinski definition) is 3. The van der Waals surface area contributed by atoms with E-state index in [9.17, 15) is 9.59 Å². The molecule has 30 heavy (non-hydrogen) atoms. The molecule has 2 aromatic rings. The first-order valence-corrected chi connectivity index (χ1v) is 10.6. The van der Waals surface area contributed by atoms with Crippen LogP contribution in [0.5, 0.6) is 5.75 Å². The molecule has 9 heteroatoms. The van der Waals surface area contributed by atoms with Crippen LogP contribution in [0.25, 0.3) is 0 Å². The average Bonchev–Trinajstić information content (AvgIpc) is 2.71. The van der Waals surface area contributed by atoms with Crippen LogP contribution in [0.3, 0.4) is 0 Å². The number of rotatable bonds is 9. The maximum absolute atomic E-state index is 12.0. The second kappa shape index (κ2) is 12.4. The highest BCUT2D eigenvalue weighted by molar-refractivity contribution is 7.80. The minimum atomic E-state index is -0.228. The molecule has 0 aliphatic rings. The Balaban J connectivity index is 1.70. The highest BCUT2D eigenvalue weighted by Crippen LogP contribution is 2.27. The lowest BCUT2D eigenvalue weighted by molar-refractivity contribution is -0.119. The first kappa shape index (κ1) is 23.9. The molecule has 0 atom stereocenters. The standard InChI is InChI=1S/C21H23Cl2N3O3S/c1-2-11-24-20(28)14-5-8-16(9-6-14)25-21(30)26-19(27)4-3-12-29-18-10-7-15(22)13-17(18)23/h5-10,13H,2-4,11-12H2,1H3,(H,24,28)(H2,25,26,27,30). The highest BCUT2D eigenvalue weighted by atomic mass is 35.5. The van der Waals surface area contributed by atoms with Crippen LogP contribution < -0.4 is 20.7 Å². The SMILES string of the molecule is CCCNC(=O)c1ccc(NC(=S)NC(=O)CCCOc2ccc(Cl)cc2Cl)cc1. The van der Waals surface area contributed by atoms with Gasteiger partial charge in [-0.15, -0.1) is 0 Å². The Morgan fingerprint density at radius 2 is 1.83 bits per heavy atom. The van der Waals surface area contributed by atoms with Crippen molar-refractivity contribution >= 4 is 58.0 Å². The Kier molecular flexibility index (Phi) is 9.86. The van der Waals surface area contributed by atoms with Gasteiger partial charge in [0.15, 0.2) is 5.11 Å². The van der Waals surface area contributed by atoms with Crippen LogP contribution in [0, 0.1) is 0 Å². The summed E-state index contributed by atoms with van der Waals surface area (Å²) in [6.45, 7) is 2.95. The fourth-order valence-corrected chi connectivity index (χ4v) is 3.10. The van der Waals surface area contributed by atoms with Gasteiger partial charge in [-0.05, 0) is 67.5 Å². The normalized spacial score (nSPS) is 10.2. The van der Waals surface area contributed by atoms with E-state index >= 15 is 0 Å². The number of carbonyl (C=O) groups is 2. The van der Waals surface area contributed by atoms with Gasteiger partial charge in [0.1, 0.15) is 5.75 Å². The summed E-state index contributed by atoms with van der Waals surface area (Å²) in [5, 5.41) is 9.48. The lowest BCUT2D eigenvalue weighted by Gasteiger charge is -2.11. The van der Waals surface area contributed by atoms with E-state index in [-0.39, 0.29) is 23.3 Å². The Morgan fingerprint density at radius 1 is 1.10 bits per heavy atom. The van der Waals surface area contributed by atoms with Gasteiger partial charge < -0.3 is 20.7 Å². The summed E-state index contributed by atoms with van der Waals surface area (Å²) in [6, 6.07) is 11.8. The monoisotopic (exact) mass is 467 g/mol. The molecule has 0 aliphatic heterocycles. The summed E-state index contributed by atoms with van der Waals surface area (Å²) < 4.78 is 5.55. The predicted octanol–water partition coefficient (Wildman–Crippen LogP) is 4.81. The minimum absolute atomic E-state index is 0.124. The molecular weight excluding hydrogens is 445 g/mol. The fraction of sp³-hybridized carbons (Fsp3) is 0.286. The molecule has 0 saturated carbocycles. The summed E-state index contributed by atoms with van der Waals surface area (Å²) in [6.07, 6.45) is 1.61. The molecule has 0 saturated heterocycles. The molecule has 3 N–H and O–H groups in total. The molecule has 0 unspecified atom stereocenters. The third-order valence-corrected chi connectivity index (χ3v) is 4.63. The van der Waals surface area contributed by atoms with Crippen molar-refractivity contribution in [3.63, 3.8) is 0 Å². The molecule has 0 spiro atoms. The number of nitrogens with one attached hydrogen (secondary N) is 3. The Morgan fingerprint density at radius 3 is 2.50 bits per heavy atom. The topological polar surface area (TPSA) is 79.5 Å². The Hall–Kier alpha value is -2.35. The quantitative estimate of drug-likeness (QED) is 0.364. The number of ether oxygens (including phenoxy) is 1. The van der Waals surface area contributed by atoms with Crippen molar-refractivity contribution in [2.75, 3.05) is 18.5 Å². The zero-order chi connectivity index (χ0) is 21.9. The molecule has 160 valence electrons. The second-order valence-corrected chi connectivity index (χ2v) is 7.61. The second-order valence-electron chi connectivity index (χ2n) is 6.36. The van der Waals surface area contributed by atoms with E-state index in [0.717, 1.165) is 6.42 Å². The van der Waals surface area contributed by atoms with E-state index in [0.29, 0.717) is 46.6 Å².